The number of nitrogens with two attached hydrogens (primary N) is 3. The summed E-state index contributed by atoms with van der Waals surface area (Å²) in [5, 5.41) is 26.1. The number of aliphatic hydroxyl groups is 1. The summed E-state index contributed by atoms with van der Waals surface area (Å²) in [5.74, 6) is -4.92. The molecule has 1 aromatic carbocycles. The first-order valence-electron chi connectivity index (χ1n) is 12.1. The van der Waals surface area contributed by atoms with Gasteiger partial charge in [-0.05, 0) is 31.0 Å². The van der Waals surface area contributed by atoms with Crippen LogP contribution in [0.1, 0.15) is 31.2 Å². The summed E-state index contributed by atoms with van der Waals surface area (Å²) in [6.07, 6.45) is 2.67. The molecular formula is C24H35N7O7. The summed E-state index contributed by atoms with van der Waals surface area (Å²) >= 11 is 0. The number of unbranched alkanes of at least 4 members (excludes halogenated alkanes) is 1. The molecule has 0 fully saturated rings. The number of carbonyl (C=O) groups is 5. The average molecular weight is 534 g/mol. The second-order valence-corrected chi connectivity index (χ2v) is 8.83. The largest absolute Gasteiger partial charge is 0.480 e. The van der Waals surface area contributed by atoms with Crippen molar-refractivity contribution >= 4 is 40.5 Å². The molecule has 38 heavy (non-hydrogen) atoms. The van der Waals surface area contributed by atoms with Crippen molar-refractivity contribution in [3.05, 3.63) is 36.0 Å². The maximum atomic E-state index is 13.3. The van der Waals surface area contributed by atoms with Crippen LogP contribution in [0, 0.1) is 0 Å². The predicted octanol–water partition coefficient (Wildman–Crippen LogP) is -2.43. The highest BCUT2D eigenvalue weighted by molar-refractivity contribution is 5.96. The Balaban J connectivity index is 2.27. The molecule has 2 aromatic rings. The molecule has 0 saturated carbocycles. The number of aliphatic carboxylic acids is 1. The number of hydrogen-bond acceptors (Lipinski definition) is 8. The molecule has 0 radical (unpaired) electrons. The van der Waals surface area contributed by atoms with Crippen LogP contribution in [-0.4, -0.2) is 82.1 Å². The van der Waals surface area contributed by atoms with E-state index in [4.69, 9.17) is 22.3 Å². The van der Waals surface area contributed by atoms with Gasteiger partial charge in [-0.1, -0.05) is 24.6 Å². The number of amides is 4. The molecule has 208 valence electrons. The SMILES string of the molecule is NCCCCC(N)C(=O)NC(Cc1c[nH]c2ccccc12)C(=O)NC(CC(N)=O)C(=O)NC(CO)C(=O)O. The fraction of sp³-hybridized carbons (Fsp3) is 0.458. The Morgan fingerprint density at radius 2 is 1.55 bits per heavy atom. The van der Waals surface area contributed by atoms with E-state index in [9.17, 15) is 29.1 Å². The molecular weight excluding hydrogens is 498 g/mol. The quantitative estimate of drug-likeness (QED) is 0.104. The first kappa shape index (κ1) is 30.2. The van der Waals surface area contributed by atoms with Crippen LogP contribution in [0.5, 0.6) is 0 Å². The molecule has 14 heteroatoms. The third-order valence-electron chi connectivity index (χ3n) is 5.87. The number of aromatic nitrogens is 1. The van der Waals surface area contributed by atoms with Crippen LogP contribution in [0.25, 0.3) is 10.9 Å². The van der Waals surface area contributed by atoms with Gasteiger partial charge in [-0.25, -0.2) is 4.79 Å². The Kier molecular flexibility index (Phi) is 11.7. The predicted molar refractivity (Wildman–Crippen MR) is 137 cm³/mol. The minimum atomic E-state index is -1.66. The second-order valence-electron chi connectivity index (χ2n) is 8.83. The molecule has 4 atom stereocenters. The lowest BCUT2D eigenvalue weighted by Crippen LogP contribution is -2.58. The van der Waals surface area contributed by atoms with E-state index in [-0.39, 0.29) is 6.42 Å². The van der Waals surface area contributed by atoms with Gasteiger partial charge in [-0.15, -0.1) is 0 Å². The normalized spacial score (nSPS) is 14.2. The summed E-state index contributed by atoms with van der Waals surface area (Å²) in [6, 6.07) is 1.97. The van der Waals surface area contributed by atoms with Gasteiger partial charge >= 0.3 is 5.97 Å². The fourth-order valence-corrected chi connectivity index (χ4v) is 3.79. The minimum absolute atomic E-state index is 0.0103. The van der Waals surface area contributed by atoms with Crippen LogP contribution < -0.4 is 33.2 Å². The smallest absolute Gasteiger partial charge is 0.328 e. The van der Waals surface area contributed by atoms with Crippen molar-refractivity contribution in [3.8, 4) is 0 Å². The average Bonchev–Trinajstić information content (AvgIpc) is 3.28. The summed E-state index contributed by atoms with van der Waals surface area (Å²) < 4.78 is 0. The Hall–Kier alpha value is -4.01. The van der Waals surface area contributed by atoms with Crippen LogP contribution >= 0.6 is 0 Å². The number of benzene rings is 1. The van der Waals surface area contributed by atoms with Gasteiger partial charge in [0.2, 0.25) is 23.6 Å². The van der Waals surface area contributed by atoms with Gasteiger partial charge in [0, 0.05) is 23.5 Å². The van der Waals surface area contributed by atoms with Crippen molar-refractivity contribution in [1.82, 2.24) is 20.9 Å². The van der Waals surface area contributed by atoms with E-state index in [0.717, 1.165) is 10.9 Å². The van der Waals surface area contributed by atoms with Crippen molar-refractivity contribution in [1.29, 1.82) is 0 Å². The van der Waals surface area contributed by atoms with E-state index in [2.05, 4.69) is 15.6 Å². The Bertz CT molecular complexity index is 1140. The lowest BCUT2D eigenvalue weighted by Gasteiger charge is -2.24. The van der Waals surface area contributed by atoms with E-state index in [0.29, 0.717) is 31.4 Å². The van der Waals surface area contributed by atoms with Crippen LogP contribution in [0.2, 0.25) is 0 Å². The number of fused-ring (bicyclic) bond motifs is 1. The first-order chi connectivity index (χ1) is 18.1. The lowest BCUT2D eigenvalue weighted by molar-refractivity contribution is -0.143. The maximum Gasteiger partial charge on any atom is 0.328 e. The van der Waals surface area contributed by atoms with Gasteiger partial charge in [-0.2, -0.15) is 0 Å². The van der Waals surface area contributed by atoms with E-state index in [1.54, 1.807) is 6.20 Å². The van der Waals surface area contributed by atoms with Crippen molar-refractivity contribution in [2.24, 2.45) is 17.2 Å². The Labute approximate surface area is 218 Å². The van der Waals surface area contributed by atoms with Gasteiger partial charge in [0.15, 0.2) is 0 Å². The molecule has 0 aliphatic carbocycles. The highest BCUT2D eigenvalue weighted by Crippen LogP contribution is 2.19. The molecule has 14 nitrogen and oxygen atoms in total. The van der Waals surface area contributed by atoms with E-state index in [1.165, 1.54) is 0 Å². The van der Waals surface area contributed by atoms with Gasteiger partial charge in [0.1, 0.15) is 18.1 Å². The lowest BCUT2D eigenvalue weighted by atomic mass is 10.0. The molecule has 4 amide bonds. The number of primary amides is 1. The summed E-state index contributed by atoms with van der Waals surface area (Å²) in [4.78, 5) is 64.6. The molecule has 0 aliphatic rings. The summed E-state index contributed by atoms with van der Waals surface area (Å²) in [7, 11) is 0. The third-order valence-corrected chi connectivity index (χ3v) is 5.87. The van der Waals surface area contributed by atoms with E-state index < -0.39 is 66.8 Å². The zero-order chi connectivity index (χ0) is 28.2. The van der Waals surface area contributed by atoms with Crippen LogP contribution in [0.4, 0.5) is 0 Å². The van der Waals surface area contributed by atoms with Crippen molar-refractivity contribution in [2.45, 2.75) is 56.3 Å². The van der Waals surface area contributed by atoms with Gasteiger partial charge < -0.3 is 48.3 Å². The van der Waals surface area contributed by atoms with Gasteiger partial charge in [0.05, 0.1) is 19.1 Å². The molecule has 12 N–H and O–H groups in total. The number of hydrogen-bond donors (Lipinski definition) is 9. The number of nitrogens with one attached hydrogen (secondary N) is 4. The summed E-state index contributed by atoms with van der Waals surface area (Å²) in [5.41, 5.74) is 18.2. The monoisotopic (exact) mass is 533 g/mol. The fourth-order valence-electron chi connectivity index (χ4n) is 3.79. The molecule has 4 unspecified atom stereocenters. The number of aliphatic hydroxyl groups excluding tert-OH is 1. The number of carboxylic acid groups (broad SMARTS) is 1. The number of para-hydroxylation sites is 1. The van der Waals surface area contributed by atoms with E-state index >= 15 is 0 Å². The molecule has 0 aliphatic heterocycles. The van der Waals surface area contributed by atoms with Crippen LogP contribution in [0.3, 0.4) is 0 Å². The number of H-pyrrole nitrogens is 1. The standard InChI is InChI=1S/C24H35N7O7/c25-8-4-3-6-15(26)21(34)29-17(9-13-11-28-16-7-2-1-5-14(13)16)22(35)30-18(10-20(27)33)23(36)31-19(12-32)24(37)38/h1-2,5,7,11,15,17-19,28,32H,3-4,6,8-10,12,25-26H2,(H2,27,33)(H,29,34)(H,30,35)(H,31,36)(H,37,38). The molecule has 2 rings (SSSR count). The molecule has 0 bridgehead atoms. The Morgan fingerprint density at radius 1 is 0.921 bits per heavy atom. The van der Waals surface area contributed by atoms with Gasteiger partial charge in [0.25, 0.3) is 0 Å². The molecule has 0 saturated heterocycles. The second kappa shape index (κ2) is 14.7. The summed E-state index contributed by atoms with van der Waals surface area (Å²) in [6.45, 7) is -0.470. The van der Waals surface area contributed by atoms with Gasteiger partial charge in [-0.3, -0.25) is 19.2 Å². The number of carbonyl (C=O) groups excluding carboxylic acids is 4. The van der Waals surface area contributed by atoms with Crippen LogP contribution in [-0.2, 0) is 30.4 Å². The topological polar surface area (TPSA) is 256 Å². The highest BCUT2D eigenvalue weighted by Gasteiger charge is 2.31. The molecule has 0 spiro atoms. The van der Waals surface area contributed by atoms with Crippen molar-refractivity contribution in [2.75, 3.05) is 13.2 Å². The number of rotatable bonds is 16. The maximum absolute atomic E-state index is 13.3. The minimum Gasteiger partial charge on any atom is -0.480 e. The first-order valence-corrected chi connectivity index (χ1v) is 12.1. The third kappa shape index (κ3) is 8.83. The Morgan fingerprint density at radius 3 is 2.18 bits per heavy atom. The van der Waals surface area contributed by atoms with Crippen molar-refractivity contribution in [3.63, 3.8) is 0 Å². The van der Waals surface area contributed by atoms with Crippen molar-refractivity contribution < 1.29 is 34.2 Å². The highest BCUT2D eigenvalue weighted by atomic mass is 16.4. The molecule has 1 heterocycles. The number of carboxylic acids is 1. The number of aromatic amines is 1. The van der Waals surface area contributed by atoms with Crippen LogP contribution in [0.15, 0.2) is 30.5 Å². The molecule has 1 aromatic heterocycles. The van der Waals surface area contributed by atoms with E-state index in [1.807, 2.05) is 29.6 Å². The zero-order valence-electron chi connectivity index (χ0n) is 20.8. The zero-order valence-corrected chi connectivity index (χ0v) is 20.8.